The number of nitrogens with two attached hydrogens (primary N) is 1. The molecular weight excluding hydrogens is 266 g/mol. The zero-order valence-corrected chi connectivity index (χ0v) is 12.4. The molecule has 2 rings (SSSR count). The first kappa shape index (κ1) is 14.8. The third-order valence-corrected chi connectivity index (χ3v) is 3.08. The first-order chi connectivity index (χ1) is 9.90. The average Bonchev–Trinajstić information content (AvgIpc) is 2.47. The van der Waals surface area contributed by atoms with Crippen LogP contribution in [-0.2, 0) is 5.41 Å². The fourth-order valence-electron chi connectivity index (χ4n) is 1.79. The molecule has 0 aliphatic heterocycles. The van der Waals surface area contributed by atoms with Crippen LogP contribution in [0, 0.1) is 0 Å². The van der Waals surface area contributed by atoms with Crippen molar-refractivity contribution in [2.45, 2.75) is 26.2 Å². The van der Waals surface area contributed by atoms with Gasteiger partial charge in [0.2, 0.25) is 5.88 Å². The van der Waals surface area contributed by atoms with E-state index in [1.807, 2.05) is 24.3 Å². The minimum atomic E-state index is 0.0172. The van der Waals surface area contributed by atoms with Crippen LogP contribution in [0.5, 0.6) is 11.6 Å². The van der Waals surface area contributed by atoms with Gasteiger partial charge in [0, 0.05) is 17.8 Å². The Morgan fingerprint density at radius 1 is 1.14 bits per heavy atom. The number of pyridine rings is 1. The van der Waals surface area contributed by atoms with Gasteiger partial charge in [0.1, 0.15) is 5.75 Å². The molecule has 1 heterocycles. The highest BCUT2D eigenvalue weighted by Gasteiger charge is 2.13. The second kappa shape index (κ2) is 5.83. The molecule has 3 N–H and O–H groups in total. The van der Waals surface area contributed by atoms with Gasteiger partial charge in [0.25, 0.3) is 0 Å². The predicted octanol–water partition coefficient (Wildman–Crippen LogP) is 3.27. The molecule has 110 valence electrons. The minimum Gasteiger partial charge on any atom is -0.439 e. The van der Waals surface area contributed by atoms with Crippen molar-refractivity contribution in [1.82, 2.24) is 4.98 Å². The summed E-state index contributed by atoms with van der Waals surface area (Å²) in [6, 6.07) is 11.3. The summed E-state index contributed by atoms with van der Waals surface area (Å²) in [5.74, 6) is 1.18. The first-order valence-electron chi connectivity index (χ1n) is 6.62. The Hall–Kier alpha value is -2.56. The summed E-state index contributed by atoms with van der Waals surface area (Å²) >= 11 is 0. The van der Waals surface area contributed by atoms with Crippen molar-refractivity contribution < 1.29 is 9.94 Å². The lowest BCUT2D eigenvalue weighted by atomic mass is 9.87. The van der Waals surface area contributed by atoms with E-state index in [1.54, 1.807) is 12.1 Å². The molecule has 0 amide bonds. The largest absolute Gasteiger partial charge is 0.439 e. The van der Waals surface area contributed by atoms with E-state index in [4.69, 9.17) is 15.7 Å². The van der Waals surface area contributed by atoms with E-state index in [2.05, 4.69) is 30.9 Å². The Labute approximate surface area is 124 Å². The van der Waals surface area contributed by atoms with E-state index in [-0.39, 0.29) is 11.3 Å². The number of oxime groups is 1. The van der Waals surface area contributed by atoms with E-state index >= 15 is 0 Å². The molecule has 5 nitrogen and oxygen atoms in total. The number of ether oxygens (including phenoxy) is 1. The van der Waals surface area contributed by atoms with Crippen LogP contribution in [0.25, 0.3) is 0 Å². The molecule has 0 atom stereocenters. The van der Waals surface area contributed by atoms with Crippen LogP contribution in [0.4, 0.5) is 0 Å². The number of hydrogen-bond acceptors (Lipinski definition) is 4. The highest BCUT2D eigenvalue weighted by molar-refractivity contribution is 5.96. The first-order valence-corrected chi connectivity index (χ1v) is 6.62. The molecule has 0 saturated carbocycles. The maximum absolute atomic E-state index is 8.59. The molecule has 0 spiro atoms. The summed E-state index contributed by atoms with van der Waals surface area (Å²) in [5, 5.41) is 11.5. The number of benzene rings is 1. The summed E-state index contributed by atoms with van der Waals surface area (Å²) in [6.45, 7) is 6.49. The van der Waals surface area contributed by atoms with E-state index < -0.39 is 0 Å². The topological polar surface area (TPSA) is 80.7 Å². The van der Waals surface area contributed by atoms with Crippen LogP contribution in [0.1, 0.15) is 31.9 Å². The van der Waals surface area contributed by atoms with Crippen LogP contribution >= 0.6 is 0 Å². The van der Waals surface area contributed by atoms with Crippen molar-refractivity contribution in [3.63, 3.8) is 0 Å². The summed E-state index contributed by atoms with van der Waals surface area (Å²) in [6.07, 6.45) is 1.49. The molecule has 0 fully saturated rings. The van der Waals surface area contributed by atoms with Gasteiger partial charge in [-0.3, -0.25) is 0 Å². The fraction of sp³-hybridized carbons (Fsp3) is 0.250. The maximum atomic E-state index is 8.59. The summed E-state index contributed by atoms with van der Waals surface area (Å²) in [5.41, 5.74) is 7.36. The van der Waals surface area contributed by atoms with E-state index in [9.17, 15) is 0 Å². The molecule has 0 unspecified atom stereocenters. The second-order valence-electron chi connectivity index (χ2n) is 5.75. The molecule has 1 aromatic heterocycles. The van der Waals surface area contributed by atoms with Gasteiger partial charge < -0.3 is 15.7 Å². The lowest BCUT2D eigenvalue weighted by Gasteiger charge is -2.19. The highest BCUT2D eigenvalue weighted by atomic mass is 16.5. The van der Waals surface area contributed by atoms with Crippen molar-refractivity contribution >= 4 is 5.84 Å². The minimum absolute atomic E-state index is 0.0172. The Bertz CT molecular complexity index is 626. The molecule has 2 aromatic rings. The number of rotatable bonds is 3. The van der Waals surface area contributed by atoms with Gasteiger partial charge in [-0.15, -0.1) is 0 Å². The van der Waals surface area contributed by atoms with Gasteiger partial charge in [-0.1, -0.05) is 38.1 Å². The van der Waals surface area contributed by atoms with Crippen LogP contribution in [0.15, 0.2) is 47.8 Å². The lowest BCUT2D eigenvalue weighted by Crippen LogP contribution is -2.13. The molecule has 0 aliphatic rings. The maximum Gasteiger partial charge on any atom is 0.219 e. The quantitative estimate of drug-likeness (QED) is 0.392. The Morgan fingerprint density at radius 3 is 2.29 bits per heavy atom. The summed E-state index contributed by atoms with van der Waals surface area (Å²) in [4.78, 5) is 4.12. The lowest BCUT2D eigenvalue weighted by molar-refractivity contribution is 0.318. The van der Waals surface area contributed by atoms with Crippen molar-refractivity contribution in [3.05, 3.63) is 53.7 Å². The molecule has 21 heavy (non-hydrogen) atoms. The molecule has 0 aliphatic carbocycles. The monoisotopic (exact) mass is 285 g/mol. The van der Waals surface area contributed by atoms with Gasteiger partial charge in [-0.2, -0.15) is 0 Å². The smallest absolute Gasteiger partial charge is 0.219 e. The van der Waals surface area contributed by atoms with Crippen LogP contribution in [-0.4, -0.2) is 16.0 Å². The molecule has 0 bridgehead atoms. The molecule has 5 heteroatoms. The van der Waals surface area contributed by atoms with Crippen molar-refractivity contribution in [3.8, 4) is 11.6 Å². The van der Waals surface area contributed by atoms with Crippen LogP contribution in [0.2, 0.25) is 0 Å². The zero-order valence-electron chi connectivity index (χ0n) is 12.4. The predicted molar refractivity (Wildman–Crippen MR) is 82.0 cm³/mol. The van der Waals surface area contributed by atoms with E-state index in [0.29, 0.717) is 17.2 Å². The number of amidine groups is 1. The van der Waals surface area contributed by atoms with Gasteiger partial charge in [0.15, 0.2) is 5.84 Å². The molecule has 0 radical (unpaired) electrons. The third-order valence-electron chi connectivity index (χ3n) is 3.08. The van der Waals surface area contributed by atoms with Crippen LogP contribution < -0.4 is 10.5 Å². The van der Waals surface area contributed by atoms with Gasteiger partial charge >= 0.3 is 0 Å². The molecule has 0 saturated heterocycles. The highest BCUT2D eigenvalue weighted by Crippen LogP contribution is 2.26. The molecule has 1 aromatic carbocycles. The number of nitrogens with zero attached hydrogens (tertiary/aromatic N) is 2. The van der Waals surface area contributed by atoms with Gasteiger partial charge in [0.05, 0.1) is 0 Å². The Kier molecular flexibility index (Phi) is 4.12. The van der Waals surface area contributed by atoms with E-state index in [1.165, 1.54) is 11.8 Å². The summed E-state index contributed by atoms with van der Waals surface area (Å²) in [7, 11) is 0. The standard InChI is InChI=1S/C16H19N3O2/c1-16(2,3)12-5-7-13(8-6-12)21-14-9-4-11(10-18-14)15(17)19-20/h4-10,20H,1-3H3,(H2,17,19). The van der Waals surface area contributed by atoms with Gasteiger partial charge in [-0.25, -0.2) is 4.98 Å². The van der Waals surface area contributed by atoms with E-state index in [0.717, 1.165) is 0 Å². The van der Waals surface area contributed by atoms with Gasteiger partial charge in [-0.05, 0) is 29.2 Å². The van der Waals surface area contributed by atoms with Crippen molar-refractivity contribution in [1.29, 1.82) is 0 Å². The van der Waals surface area contributed by atoms with Crippen LogP contribution in [0.3, 0.4) is 0 Å². The average molecular weight is 285 g/mol. The number of hydrogen-bond donors (Lipinski definition) is 2. The van der Waals surface area contributed by atoms with Crippen molar-refractivity contribution in [2.75, 3.05) is 0 Å². The fourth-order valence-corrected chi connectivity index (χ4v) is 1.79. The normalized spacial score (nSPS) is 12.2. The third kappa shape index (κ3) is 3.72. The SMILES string of the molecule is CC(C)(C)c1ccc(Oc2ccc(/C(N)=N/O)cn2)cc1. The number of aromatic nitrogens is 1. The Balaban J connectivity index is 2.11. The van der Waals surface area contributed by atoms with Crippen molar-refractivity contribution in [2.24, 2.45) is 10.9 Å². The molecular formula is C16H19N3O2. The summed E-state index contributed by atoms with van der Waals surface area (Å²) < 4.78 is 5.66. The Morgan fingerprint density at radius 2 is 1.81 bits per heavy atom. The zero-order chi connectivity index (χ0) is 15.5. The second-order valence-corrected chi connectivity index (χ2v) is 5.75.